The number of hydrogen-bond acceptors (Lipinski definition) is 3. The van der Waals surface area contributed by atoms with E-state index >= 15 is 0 Å². The molecule has 3 atom stereocenters. The molecule has 120 valence electrons. The van der Waals surface area contributed by atoms with Gasteiger partial charge >= 0.3 is 0 Å². The lowest BCUT2D eigenvalue weighted by molar-refractivity contribution is 0.348. The SMILES string of the molecule is CCNC(Cc1nc(C(C)(C)C)cs1)C1CCC(CC)C1. The zero-order valence-corrected chi connectivity index (χ0v) is 15.2. The summed E-state index contributed by atoms with van der Waals surface area (Å²) in [7, 11) is 0. The molecule has 1 heterocycles. The number of aromatic nitrogens is 1. The van der Waals surface area contributed by atoms with Crippen LogP contribution in [-0.4, -0.2) is 17.6 Å². The Morgan fingerprint density at radius 2 is 2.10 bits per heavy atom. The molecule has 1 N–H and O–H groups in total. The van der Waals surface area contributed by atoms with E-state index in [9.17, 15) is 0 Å². The van der Waals surface area contributed by atoms with E-state index in [-0.39, 0.29) is 5.41 Å². The molecular weight excluding hydrogens is 276 g/mol. The fourth-order valence-electron chi connectivity index (χ4n) is 3.45. The van der Waals surface area contributed by atoms with E-state index in [1.165, 1.54) is 36.4 Å². The van der Waals surface area contributed by atoms with Crippen molar-refractivity contribution in [3.05, 3.63) is 16.1 Å². The van der Waals surface area contributed by atoms with Crippen molar-refractivity contribution >= 4 is 11.3 Å². The minimum Gasteiger partial charge on any atom is -0.314 e. The second-order valence-electron chi connectivity index (χ2n) is 7.59. The Balaban J connectivity index is 2.01. The summed E-state index contributed by atoms with van der Waals surface area (Å²) in [6.07, 6.45) is 6.68. The molecule has 2 rings (SSSR count). The van der Waals surface area contributed by atoms with Gasteiger partial charge in [0.1, 0.15) is 0 Å². The highest BCUT2D eigenvalue weighted by Crippen LogP contribution is 2.36. The maximum atomic E-state index is 4.89. The molecule has 0 spiro atoms. The van der Waals surface area contributed by atoms with Crippen molar-refractivity contribution in [2.75, 3.05) is 6.54 Å². The van der Waals surface area contributed by atoms with Crippen LogP contribution in [0, 0.1) is 11.8 Å². The van der Waals surface area contributed by atoms with Crippen LogP contribution in [0.15, 0.2) is 5.38 Å². The average Bonchev–Trinajstić information content (AvgIpc) is 3.06. The highest BCUT2D eigenvalue weighted by Gasteiger charge is 2.30. The van der Waals surface area contributed by atoms with Crippen LogP contribution in [0.1, 0.15) is 71.0 Å². The first-order chi connectivity index (χ1) is 9.94. The van der Waals surface area contributed by atoms with E-state index in [1.807, 2.05) is 11.3 Å². The van der Waals surface area contributed by atoms with Gasteiger partial charge in [-0.2, -0.15) is 0 Å². The summed E-state index contributed by atoms with van der Waals surface area (Å²) in [5.74, 6) is 1.80. The summed E-state index contributed by atoms with van der Waals surface area (Å²) in [6, 6.07) is 0.616. The zero-order chi connectivity index (χ0) is 15.5. The summed E-state index contributed by atoms with van der Waals surface area (Å²) in [6.45, 7) is 12.4. The van der Waals surface area contributed by atoms with Gasteiger partial charge in [-0.15, -0.1) is 11.3 Å². The van der Waals surface area contributed by atoms with Crippen molar-refractivity contribution in [2.45, 2.75) is 78.2 Å². The number of likely N-dealkylation sites (N-methyl/N-ethyl adjacent to an activating group) is 1. The standard InChI is InChI=1S/C18H32N2S/c1-6-13-8-9-14(10-13)15(19-7-2)11-17-20-16(12-21-17)18(3,4)5/h12-15,19H,6-11H2,1-5H3. The van der Waals surface area contributed by atoms with Gasteiger partial charge in [-0.25, -0.2) is 4.98 Å². The smallest absolute Gasteiger partial charge is 0.0944 e. The van der Waals surface area contributed by atoms with E-state index in [4.69, 9.17) is 4.98 Å². The Morgan fingerprint density at radius 3 is 2.62 bits per heavy atom. The lowest BCUT2D eigenvalue weighted by atomic mass is 9.92. The van der Waals surface area contributed by atoms with Crippen LogP contribution in [0.25, 0.3) is 0 Å². The Bertz CT molecular complexity index is 433. The largest absolute Gasteiger partial charge is 0.314 e. The monoisotopic (exact) mass is 308 g/mol. The average molecular weight is 309 g/mol. The summed E-state index contributed by atoms with van der Waals surface area (Å²) >= 11 is 1.84. The van der Waals surface area contributed by atoms with Gasteiger partial charge < -0.3 is 5.32 Å². The fraction of sp³-hybridized carbons (Fsp3) is 0.833. The first-order valence-electron chi connectivity index (χ1n) is 8.62. The van der Waals surface area contributed by atoms with Crippen LogP contribution in [0.3, 0.4) is 0 Å². The minimum absolute atomic E-state index is 0.170. The highest BCUT2D eigenvalue weighted by molar-refractivity contribution is 7.09. The third-order valence-corrected chi connectivity index (χ3v) is 5.78. The second-order valence-corrected chi connectivity index (χ2v) is 8.53. The van der Waals surface area contributed by atoms with Crippen LogP contribution in [0.5, 0.6) is 0 Å². The molecule has 1 aromatic rings. The second kappa shape index (κ2) is 7.23. The van der Waals surface area contributed by atoms with Crippen molar-refractivity contribution < 1.29 is 0 Å². The maximum Gasteiger partial charge on any atom is 0.0944 e. The lowest BCUT2D eigenvalue weighted by Crippen LogP contribution is -2.37. The van der Waals surface area contributed by atoms with Crippen molar-refractivity contribution in [2.24, 2.45) is 11.8 Å². The normalized spacial score (nSPS) is 24.4. The Hall–Kier alpha value is -0.410. The molecule has 3 unspecified atom stereocenters. The predicted molar refractivity (Wildman–Crippen MR) is 93.1 cm³/mol. The Labute approximate surface area is 134 Å². The third-order valence-electron chi connectivity index (χ3n) is 4.91. The first-order valence-corrected chi connectivity index (χ1v) is 9.50. The van der Waals surface area contributed by atoms with Crippen LogP contribution in [0.2, 0.25) is 0 Å². The summed E-state index contributed by atoms with van der Waals surface area (Å²) in [5.41, 5.74) is 1.42. The number of thiazole rings is 1. The molecular formula is C18H32N2S. The summed E-state index contributed by atoms with van der Waals surface area (Å²) in [5, 5.41) is 7.30. The Morgan fingerprint density at radius 1 is 1.33 bits per heavy atom. The van der Waals surface area contributed by atoms with Crippen LogP contribution >= 0.6 is 11.3 Å². The van der Waals surface area contributed by atoms with Crippen molar-refractivity contribution in [3.63, 3.8) is 0 Å². The fourth-order valence-corrected chi connectivity index (χ4v) is 4.54. The minimum atomic E-state index is 0.170. The van der Waals surface area contributed by atoms with E-state index < -0.39 is 0 Å². The molecule has 0 aliphatic heterocycles. The number of rotatable bonds is 6. The van der Waals surface area contributed by atoms with Gasteiger partial charge in [0, 0.05) is 23.3 Å². The van der Waals surface area contributed by atoms with Crippen LogP contribution < -0.4 is 5.32 Å². The molecule has 21 heavy (non-hydrogen) atoms. The molecule has 0 radical (unpaired) electrons. The van der Waals surface area contributed by atoms with E-state index in [2.05, 4.69) is 45.3 Å². The number of hydrogen-bond donors (Lipinski definition) is 1. The van der Waals surface area contributed by atoms with Crippen molar-refractivity contribution in [1.29, 1.82) is 0 Å². The van der Waals surface area contributed by atoms with Crippen molar-refractivity contribution in [3.8, 4) is 0 Å². The quantitative estimate of drug-likeness (QED) is 0.817. The van der Waals surface area contributed by atoms with Gasteiger partial charge in [0.05, 0.1) is 10.7 Å². The molecule has 3 heteroatoms. The molecule has 1 aromatic heterocycles. The third kappa shape index (κ3) is 4.53. The first kappa shape index (κ1) is 17.0. The molecule has 1 saturated carbocycles. The van der Waals surface area contributed by atoms with Gasteiger partial charge in [0.2, 0.25) is 0 Å². The van der Waals surface area contributed by atoms with Gasteiger partial charge in [-0.05, 0) is 31.2 Å². The summed E-state index contributed by atoms with van der Waals surface area (Å²) in [4.78, 5) is 4.89. The molecule has 0 amide bonds. The molecule has 2 nitrogen and oxygen atoms in total. The van der Waals surface area contributed by atoms with Crippen LogP contribution in [0.4, 0.5) is 0 Å². The van der Waals surface area contributed by atoms with Gasteiger partial charge in [-0.3, -0.25) is 0 Å². The highest BCUT2D eigenvalue weighted by atomic mass is 32.1. The molecule has 1 aliphatic rings. The molecule has 0 saturated heterocycles. The van der Waals surface area contributed by atoms with E-state index in [0.29, 0.717) is 6.04 Å². The molecule has 1 aliphatic carbocycles. The number of nitrogens with one attached hydrogen (secondary N) is 1. The van der Waals surface area contributed by atoms with E-state index in [1.54, 1.807) is 0 Å². The van der Waals surface area contributed by atoms with Gasteiger partial charge in [-0.1, -0.05) is 47.5 Å². The number of nitrogens with zero attached hydrogens (tertiary/aromatic N) is 1. The predicted octanol–water partition coefficient (Wildman–Crippen LogP) is 4.79. The maximum absolute atomic E-state index is 4.89. The van der Waals surface area contributed by atoms with Gasteiger partial charge in [0.15, 0.2) is 0 Å². The topological polar surface area (TPSA) is 24.9 Å². The van der Waals surface area contributed by atoms with Gasteiger partial charge in [0.25, 0.3) is 0 Å². The summed E-state index contributed by atoms with van der Waals surface area (Å²) < 4.78 is 0. The van der Waals surface area contributed by atoms with Crippen molar-refractivity contribution in [1.82, 2.24) is 10.3 Å². The van der Waals surface area contributed by atoms with E-state index in [0.717, 1.165) is 24.8 Å². The molecule has 0 aromatic carbocycles. The molecule has 1 fully saturated rings. The van der Waals surface area contributed by atoms with Crippen LogP contribution in [-0.2, 0) is 11.8 Å². The molecule has 0 bridgehead atoms. The zero-order valence-electron chi connectivity index (χ0n) is 14.4. The Kier molecular flexibility index (Phi) is 5.84. The lowest BCUT2D eigenvalue weighted by Gasteiger charge is -2.24.